The third kappa shape index (κ3) is 4.20. The standard InChI is InChI=1S/C24H17NO/c1-18(26)23-16-21(14-12-19-8-4-2-5-9-19)24(25)22(17-23)15-13-20-10-6-3-7-11-20/h2-11,16-17H,25H2,1H3. The van der Waals surface area contributed by atoms with E-state index in [1.165, 1.54) is 6.92 Å². The first-order valence-corrected chi connectivity index (χ1v) is 8.22. The molecule has 3 rings (SSSR count). The van der Waals surface area contributed by atoms with Crippen molar-refractivity contribution in [2.24, 2.45) is 0 Å². The van der Waals surface area contributed by atoms with Crippen molar-refractivity contribution >= 4 is 11.5 Å². The van der Waals surface area contributed by atoms with Gasteiger partial charge in [0.15, 0.2) is 5.78 Å². The molecule has 0 atom stereocenters. The summed E-state index contributed by atoms with van der Waals surface area (Å²) in [5, 5.41) is 0. The van der Waals surface area contributed by atoms with Crippen LogP contribution in [0.25, 0.3) is 0 Å². The van der Waals surface area contributed by atoms with E-state index in [0.29, 0.717) is 22.4 Å². The van der Waals surface area contributed by atoms with Crippen molar-refractivity contribution in [2.75, 3.05) is 5.73 Å². The molecule has 0 radical (unpaired) electrons. The average Bonchev–Trinajstić information content (AvgIpc) is 2.67. The zero-order valence-electron chi connectivity index (χ0n) is 14.4. The molecule has 2 N–H and O–H groups in total. The molecule has 2 heteroatoms. The molecule has 0 saturated heterocycles. The lowest BCUT2D eigenvalue weighted by molar-refractivity contribution is 0.101. The van der Waals surface area contributed by atoms with Gasteiger partial charge in [0.25, 0.3) is 0 Å². The van der Waals surface area contributed by atoms with Crippen molar-refractivity contribution in [3.63, 3.8) is 0 Å². The second-order valence-electron chi connectivity index (χ2n) is 5.77. The molecule has 0 unspecified atom stereocenters. The van der Waals surface area contributed by atoms with Gasteiger partial charge in [0.1, 0.15) is 0 Å². The summed E-state index contributed by atoms with van der Waals surface area (Å²) in [4.78, 5) is 11.9. The van der Waals surface area contributed by atoms with Crippen LogP contribution >= 0.6 is 0 Å². The maximum absolute atomic E-state index is 11.9. The van der Waals surface area contributed by atoms with Gasteiger partial charge in [-0.2, -0.15) is 0 Å². The fourth-order valence-electron chi connectivity index (χ4n) is 2.39. The van der Waals surface area contributed by atoms with E-state index in [1.54, 1.807) is 12.1 Å². The van der Waals surface area contributed by atoms with Crippen molar-refractivity contribution in [1.82, 2.24) is 0 Å². The highest BCUT2D eigenvalue weighted by atomic mass is 16.1. The highest BCUT2D eigenvalue weighted by Crippen LogP contribution is 2.20. The van der Waals surface area contributed by atoms with Crippen LogP contribution < -0.4 is 5.73 Å². The van der Waals surface area contributed by atoms with Crippen LogP contribution in [0, 0.1) is 23.7 Å². The lowest BCUT2D eigenvalue weighted by Gasteiger charge is -2.05. The minimum Gasteiger partial charge on any atom is -0.397 e. The molecule has 0 aromatic heterocycles. The van der Waals surface area contributed by atoms with Crippen molar-refractivity contribution in [2.45, 2.75) is 6.92 Å². The molecule has 0 fully saturated rings. The quantitative estimate of drug-likeness (QED) is 0.410. The number of ketones is 1. The van der Waals surface area contributed by atoms with Gasteiger partial charge < -0.3 is 5.73 Å². The summed E-state index contributed by atoms with van der Waals surface area (Å²) < 4.78 is 0. The van der Waals surface area contributed by atoms with Gasteiger partial charge in [-0.1, -0.05) is 60.1 Å². The Bertz CT molecular complexity index is 981. The SMILES string of the molecule is CC(=O)c1cc(C#Cc2ccccc2)c(N)c(C#Cc2ccccc2)c1. The van der Waals surface area contributed by atoms with E-state index in [1.807, 2.05) is 60.7 Å². The predicted molar refractivity (Wildman–Crippen MR) is 106 cm³/mol. The molecule has 0 aliphatic heterocycles. The fraction of sp³-hybridized carbons (Fsp3) is 0.0417. The van der Waals surface area contributed by atoms with Gasteiger partial charge in [0, 0.05) is 27.8 Å². The van der Waals surface area contributed by atoms with Crippen LogP contribution in [-0.2, 0) is 0 Å². The molecular weight excluding hydrogens is 318 g/mol. The first kappa shape index (κ1) is 17.1. The Hall–Kier alpha value is -3.75. The minimum absolute atomic E-state index is 0.0458. The number of nitrogen functional groups attached to an aromatic ring is 1. The van der Waals surface area contributed by atoms with Gasteiger partial charge in [-0.05, 0) is 43.3 Å². The van der Waals surface area contributed by atoms with Crippen LogP contribution in [0.5, 0.6) is 0 Å². The van der Waals surface area contributed by atoms with E-state index in [2.05, 4.69) is 23.7 Å². The van der Waals surface area contributed by atoms with Gasteiger partial charge >= 0.3 is 0 Å². The smallest absolute Gasteiger partial charge is 0.159 e. The molecule has 3 aromatic carbocycles. The molecule has 0 heterocycles. The van der Waals surface area contributed by atoms with Crippen molar-refractivity contribution in [3.8, 4) is 23.7 Å². The van der Waals surface area contributed by atoms with E-state index in [4.69, 9.17) is 5.73 Å². The Labute approximate surface area is 153 Å². The van der Waals surface area contributed by atoms with Crippen LogP contribution in [0.2, 0.25) is 0 Å². The fourth-order valence-corrected chi connectivity index (χ4v) is 2.39. The van der Waals surface area contributed by atoms with Gasteiger partial charge in [-0.25, -0.2) is 0 Å². The Morgan fingerprint density at radius 3 is 1.54 bits per heavy atom. The zero-order valence-corrected chi connectivity index (χ0v) is 14.4. The summed E-state index contributed by atoms with van der Waals surface area (Å²) in [5.41, 5.74) is 10.3. The van der Waals surface area contributed by atoms with Gasteiger partial charge in [0.05, 0.1) is 5.69 Å². The number of nitrogens with two attached hydrogens (primary N) is 1. The van der Waals surface area contributed by atoms with Crippen LogP contribution in [-0.4, -0.2) is 5.78 Å². The van der Waals surface area contributed by atoms with Crippen LogP contribution in [0.1, 0.15) is 39.5 Å². The number of carbonyl (C=O) groups is 1. The number of hydrogen-bond acceptors (Lipinski definition) is 2. The molecule has 0 saturated carbocycles. The molecule has 26 heavy (non-hydrogen) atoms. The first-order valence-electron chi connectivity index (χ1n) is 8.22. The minimum atomic E-state index is -0.0458. The summed E-state index contributed by atoms with van der Waals surface area (Å²) in [6.07, 6.45) is 0. The van der Waals surface area contributed by atoms with E-state index >= 15 is 0 Å². The Balaban J connectivity index is 2.06. The summed E-state index contributed by atoms with van der Waals surface area (Å²) in [7, 11) is 0. The second kappa shape index (κ2) is 7.88. The summed E-state index contributed by atoms with van der Waals surface area (Å²) in [5.74, 6) is 12.2. The third-order valence-electron chi connectivity index (χ3n) is 3.82. The molecule has 124 valence electrons. The molecule has 0 bridgehead atoms. The molecule has 0 aliphatic rings. The summed E-state index contributed by atoms with van der Waals surface area (Å²) >= 11 is 0. The van der Waals surface area contributed by atoms with Gasteiger partial charge in [0.2, 0.25) is 0 Å². The Morgan fingerprint density at radius 2 is 1.15 bits per heavy atom. The van der Waals surface area contributed by atoms with E-state index in [-0.39, 0.29) is 5.78 Å². The van der Waals surface area contributed by atoms with E-state index < -0.39 is 0 Å². The average molecular weight is 335 g/mol. The number of hydrogen-bond donors (Lipinski definition) is 1. The number of benzene rings is 3. The monoisotopic (exact) mass is 335 g/mol. The van der Waals surface area contributed by atoms with Crippen LogP contribution in [0.4, 0.5) is 5.69 Å². The normalized spacial score (nSPS) is 9.42. The largest absolute Gasteiger partial charge is 0.397 e. The van der Waals surface area contributed by atoms with E-state index in [9.17, 15) is 4.79 Å². The van der Waals surface area contributed by atoms with Gasteiger partial charge in [-0.3, -0.25) is 4.79 Å². The molecule has 0 spiro atoms. The maximum atomic E-state index is 11.9. The number of rotatable bonds is 1. The number of anilines is 1. The van der Waals surface area contributed by atoms with Crippen LogP contribution in [0.15, 0.2) is 72.8 Å². The summed E-state index contributed by atoms with van der Waals surface area (Å²) in [6, 6.07) is 22.7. The van der Waals surface area contributed by atoms with Gasteiger partial charge in [-0.15, -0.1) is 0 Å². The predicted octanol–water partition coefficient (Wildman–Crippen LogP) is 4.27. The highest BCUT2D eigenvalue weighted by molar-refractivity contribution is 5.96. The maximum Gasteiger partial charge on any atom is 0.159 e. The molecule has 3 aromatic rings. The lowest BCUT2D eigenvalue weighted by atomic mass is 10.0. The van der Waals surface area contributed by atoms with E-state index in [0.717, 1.165) is 11.1 Å². The van der Waals surface area contributed by atoms with Crippen molar-refractivity contribution < 1.29 is 4.79 Å². The zero-order chi connectivity index (χ0) is 18.4. The van der Waals surface area contributed by atoms with Crippen molar-refractivity contribution in [1.29, 1.82) is 0 Å². The third-order valence-corrected chi connectivity index (χ3v) is 3.82. The molecule has 0 amide bonds. The summed E-state index contributed by atoms with van der Waals surface area (Å²) in [6.45, 7) is 1.52. The molecule has 0 aliphatic carbocycles. The first-order chi connectivity index (χ1) is 12.6. The highest BCUT2D eigenvalue weighted by Gasteiger charge is 2.08. The Morgan fingerprint density at radius 1 is 0.731 bits per heavy atom. The topological polar surface area (TPSA) is 43.1 Å². The van der Waals surface area contributed by atoms with Crippen LogP contribution in [0.3, 0.4) is 0 Å². The molecule has 2 nitrogen and oxygen atoms in total. The lowest BCUT2D eigenvalue weighted by Crippen LogP contribution is -2.01. The molecular formula is C24H17NO. The number of Topliss-reactive ketones (excluding diaryl/α,β-unsaturated/α-hetero) is 1. The Kier molecular flexibility index (Phi) is 5.18. The second-order valence-corrected chi connectivity index (χ2v) is 5.77. The van der Waals surface area contributed by atoms with Crippen molar-refractivity contribution in [3.05, 3.63) is 101 Å². The number of carbonyl (C=O) groups excluding carboxylic acids is 1.